The van der Waals surface area contributed by atoms with Crippen LogP contribution in [0.25, 0.3) is 106 Å². The maximum absolute atomic E-state index is 6.50. The molecule has 3 heterocycles. The molecule has 59 heavy (non-hydrogen) atoms. The Bertz CT molecular complexity index is 3450. The summed E-state index contributed by atoms with van der Waals surface area (Å²) in [5.74, 6) is 1.81. The average molecular weight is 757 g/mol. The van der Waals surface area contributed by atoms with Gasteiger partial charge in [0.2, 0.25) is 0 Å². The van der Waals surface area contributed by atoms with Gasteiger partial charge in [0.1, 0.15) is 11.2 Å². The highest BCUT2D eigenvalue weighted by molar-refractivity contribution is 6.14. The fourth-order valence-electron chi connectivity index (χ4n) is 9.51. The van der Waals surface area contributed by atoms with E-state index in [4.69, 9.17) is 19.4 Å². The molecule has 0 N–H and O–H groups in total. The largest absolute Gasteiger partial charge is 0.456 e. The van der Waals surface area contributed by atoms with Crippen LogP contribution in [0, 0.1) is 0 Å². The fraction of sp³-hybridized carbons (Fsp3) is 0.0556. The first kappa shape index (κ1) is 33.5. The van der Waals surface area contributed by atoms with E-state index in [1.165, 1.54) is 44.1 Å². The van der Waals surface area contributed by atoms with Crippen molar-refractivity contribution in [2.24, 2.45) is 0 Å². The summed E-state index contributed by atoms with van der Waals surface area (Å²) in [4.78, 5) is 15.3. The van der Waals surface area contributed by atoms with Crippen molar-refractivity contribution in [1.29, 1.82) is 0 Å². The lowest BCUT2D eigenvalue weighted by atomic mass is 9.81. The van der Waals surface area contributed by atoms with E-state index in [9.17, 15) is 0 Å². The SMILES string of the molecule is CC1(C)c2ccccc2-c2ccc3c4ccccc4n(-c4ccc(-c5nc(-c6ccccc6)nc(-c6ccc7c(c6)oc6cccc(-c8ccccc8)c67)n5)cc4)c3c21. The van der Waals surface area contributed by atoms with Crippen LogP contribution in [0.1, 0.15) is 25.0 Å². The number of hydrogen-bond acceptors (Lipinski definition) is 4. The smallest absolute Gasteiger partial charge is 0.164 e. The van der Waals surface area contributed by atoms with E-state index < -0.39 is 0 Å². The Morgan fingerprint density at radius 2 is 1.05 bits per heavy atom. The van der Waals surface area contributed by atoms with Crippen molar-refractivity contribution in [2.75, 3.05) is 0 Å². The average Bonchev–Trinajstić information content (AvgIpc) is 3.92. The van der Waals surface area contributed by atoms with E-state index in [1.807, 2.05) is 42.5 Å². The van der Waals surface area contributed by atoms with Gasteiger partial charge in [0, 0.05) is 49.3 Å². The molecule has 0 amide bonds. The normalized spacial score (nSPS) is 13.1. The van der Waals surface area contributed by atoms with Gasteiger partial charge in [-0.3, -0.25) is 0 Å². The molecular weight excluding hydrogens is 721 g/mol. The summed E-state index contributed by atoms with van der Waals surface area (Å²) in [6, 6.07) is 64.0. The molecule has 1 aliphatic rings. The number of fused-ring (bicyclic) bond motifs is 10. The predicted octanol–water partition coefficient (Wildman–Crippen LogP) is 13.8. The van der Waals surface area contributed by atoms with Gasteiger partial charge in [-0.1, -0.05) is 147 Å². The lowest BCUT2D eigenvalue weighted by Gasteiger charge is -2.23. The molecule has 0 saturated carbocycles. The molecular formula is C54H36N4O. The van der Waals surface area contributed by atoms with Crippen LogP contribution in [-0.2, 0) is 5.41 Å². The molecule has 0 spiro atoms. The van der Waals surface area contributed by atoms with Crippen molar-refractivity contribution in [2.45, 2.75) is 19.3 Å². The van der Waals surface area contributed by atoms with Gasteiger partial charge >= 0.3 is 0 Å². The third kappa shape index (κ3) is 5.08. The molecule has 8 aromatic carbocycles. The standard InChI is InChI=1S/C54H36N4O/c1-54(2)44-21-11-9-18-39(44)41-30-31-42-40-19-10-12-22-45(40)58(50(42)49(41)54)37-27-24-35(25-28-37)52-55-51(34-16-7-4-8-17-34)56-53(57-52)36-26-29-43-47(32-36)59-46-23-13-20-38(48(43)46)33-14-5-3-6-15-33/h3-32H,1-2H3. The summed E-state index contributed by atoms with van der Waals surface area (Å²) in [5, 5.41) is 4.66. The molecule has 11 aromatic rings. The van der Waals surface area contributed by atoms with Gasteiger partial charge in [-0.2, -0.15) is 0 Å². The Balaban J connectivity index is 1.00. The quantitative estimate of drug-likeness (QED) is 0.175. The Morgan fingerprint density at radius 1 is 0.441 bits per heavy atom. The monoisotopic (exact) mass is 756 g/mol. The van der Waals surface area contributed by atoms with Gasteiger partial charge in [0.25, 0.3) is 0 Å². The van der Waals surface area contributed by atoms with Crippen molar-refractivity contribution in [3.63, 3.8) is 0 Å². The molecule has 0 saturated heterocycles. The van der Waals surface area contributed by atoms with E-state index in [0.717, 1.165) is 55.4 Å². The first-order valence-electron chi connectivity index (χ1n) is 20.1. The summed E-state index contributed by atoms with van der Waals surface area (Å²) < 4.78 is 8.95. The minimum absolute atomic E-state index is 0.164. The van der Waals surface area contributed by atoms with Crippen LogP contribution < -0.4 is 0 Å². The predicted molar refractivity (Wildman–Crippen MR) is 241 cm³/mol. The number of rotatable bonds is 5. The minimum Gasteiger partial charge on any atom is -0.456 e. The molecule has 0 radical (unpaired) electrons. The number of furan rings is 1. The number of para-hydroxylation sites is 1. The van der Waals surface area contributed by atoms with Crippen molar-refractivity contribution in [3.05, 3.63) is 193 Å². The first-order chi connectivity index (χ1) is 29.0. The molecule has 3 aromatic heterocycles. The van der Waals surface area contributed by atoms with E-state index in [-0.39, 0.29) is 5.41 Å². The van der Waals surface area contributed by atoms with Crippen molar-refractivity contribution >= 4 is 43.7 Å². The molecule has 1 aliphatic carbocycles. The van der Waals surface area contributed by atoms with Gasteiger partial charge in [-0.25, -0.2) is 15.0 Å². The minimum atomic E-state index is -0.164. The van der Waals surface area contributed by atoms with Crippen LogP contribution in [0.3, 0.4) is 0 Å². The van der Waals surface area contributed by atoms with Gasteiger partial charge in [0.05, 0.1) is 11.0 Å². The Labute approximate surface area is 340 Å². The second-order valence-electron chi connectivity index (χ2n) is 16.0. The van der Waals surface area contributed by atoms with Crippen molar-refractivity contribution in [1.82, 2.24) is 19.5 Å². The van der Waals surface area contributed by atoms with Gasteiger partial charge in [0.15, 0.2) is 17.5 Å². The number of benzene rings is 8. The zero-order valence-electron chi connectivity index (χ0n) is 32.5. The van der Waals surface area contributed by atoms with Crippen LogP contribution in [0.15, 0.2) is 186 Å². The number of nitrogens with zero attached hydrogens (tertiary/aromatic N) is 4. The van der Waals surface area contributed by atoms with Gasteiger partial charge in [-0.05, 0) is 81.9 Å². The summed E-state index contributed by atoms with van der Waals surface area (Å²) >= 11 is 0. The topological polar surface area (TPSA) is 56.7 Å². The summed E-state index contributed by atoms with van der Waals surface area (Å²) in [5.41, 5.74) is 15.3. The maximum Gasteiger partial charge on any atom is 0.164 e. The highest BCUT2D eigenvalue weighted by Gasteiger charge is 2.38. The second kappa shape index (κ2) is 12.7. The van der Waals surface area contributed by atoms with E-state index in [0.29, 0.717) is 17.5 Å². The Kier molecular flexibility index (Phi) is 7.20. The zero-order valence-corrected chi connectivity index (χ0v) is 32.5. The molecule has 0 aliphatic heterocycles. The molecule has 5 heteroatoms. The number of hydrogen-bond donors (Lipinski definition) is 0. The Morgan fingerprint density at radius 3 is 1.83 bits per heavy atom. The van der Waals surface area contributed by atoms with Crippen LogP contribution in [-0.4, -0.2) is 19.5 Å². The molecule has 0 unspecified atom stereocenters. The van der Waals surface area contributed by atoms with Crippen molar-refractivity contribution < 1.29 is 4.42 Å². The van der Waals surface area contributed by atoms with E-state index in [2.05, 4.69) is 158 Å². The van der Waals surface area contributed by atoms with Crippen molar-refractivity contribution in [3.8, 4) is 62.1 Å². The second-order valence-corrected chi connectivity index (χ2v) is 16.0. The summed E-state index contributed by atoms with van der Waals surface area (Å²) in [6.45, 7) is 4.72. The first-order valence-corrected chi connectivity index (χ1v) is 20.1. The molecule has 5 nitrogen and oxygen atoms in total. The molecule has 0 bridgehead atoms. The molecule has 12 rings (SSSR count). The third-order valence-electron chi connectivity index (χ3n) is 12.2. The highest BCUT2D eigenvalue weighted by Crippen LogP contribution is 2.53. The zero-order chi connectivity index (χ0) is 39.2. The lowest BCUT2D eigenvalue weighted by Crippen LogP contribution is -2.16. The van der Waals surface area contributed by atoms with Crippen LogP contribution in [0.4, 0.5) is 0 Å². The Hall–Kier alpha value is -7.63. The summed E-state index contributed by atoms with van der Waals surface area (Å²) in [7, 11) is 0. The van der Waals surface area contributed by atoms with Gasteiger partial charge in [-0.15, -0.1) is 0 Å². The van der Waals surface area contributed by atoms with Crippen LogP contribution in [0.2, 0.25) is 0 Å². The molecule has 0 fully saturated rings. The maximum atomic E-state index is 6.50. The third-order valence-corrected chi connectivity index (χ3v) is 12.2. The molecule has 0 atom stereocenters. The molecule has 278 valence electrons. The van der Waals surface area contributed by atoms with E-state index >= 15 is 0 Å². The van der Waals surface area contributed by atoms with Crippen LogP contribution in [0.5, 0.6) is 0 Å². The van der Waals surface area contributed by atoms with Gasteiger partial charge < -0.3 is 8.98 Å². The fourth-order valence-corrected chi connectivity index (χ4v) is 9.51. The highest BCUT2D eigenvalue weighted by atomic mass is 16.3. The van der Waals surface area contributed by atoms with Crippen LogP contribution >= 0.6 is 0 Å². The lowest BCUT2D eigenvalue weighted by molar-refractivity contribution is 0.664. The number of aromatic nitrogens is 4. The van der Waals surface area contributed by atoms with E-state index in [1.54, 1.807) is 0 Å². The summed E-state index contributed by atoms with van der Waals surface area (Å²) in [6.07, 6.45) is 0.